The van der Waals surface area contributed by atoms with Gasteiger partial charge in [0.1, 0.15) is 0 Å². The Hall–Kier alpha value is -0.600. The first-order valence-corrected chi connectivity index (χ1v) is 3.50. The van der Waals surface area contributed by atoms with E-state index in [2.05, 4.69) is 0 Å². The van der Waals surface area contributed by atoms with Crippen molar-refractivity contribution in [2.75, 3.05) is 0 Å². The van der Waals surface area contributed by atoms with E-state index in [9.17, 15) is 0 Å². The Morgan fingerprint density at radius 3 is 2.80 bits per heavy atom. The molecule has 0 heterocycles. The molecule has 1 aliphatic carbocycles. The van der Waals surface area contributed by atoms with Crippen LogP contribution in [0.1, 0.15) is 19.3 Å². The van der Waals surface area contributed by atoms with E-state index in [-0.39, 0.29) is 0 Å². The molecule has 0 aliphatic heterocycles. The predicted octanol–water partition coefficient (Wildman–Crippen LogP) is 0.964. The van der Waals surface area contributed by atoms with Crippen LogP contribution in [0, 0.1) is 0 Å². The lowest BCUT2D eigenvalue weighted by Gasteiger charge is -2.17. The minimum Gasteiger partial charge on any atom is -0.362 e. The van der Waals surface area contributed by atoms with Crippen molar-refractivity contribution in [3.05, 3.63) is 24.3 Å². The lowest BCUT2D eigenvalue weighted by Crippen LogP contribution is -2.24. The van der Waals surface area contributed by atoms with Crippen molar-refractivity contribution < 1.29 is 10.2 Å². The van der Waals surface area contributed by atoms with Gasteiger partial charge in [-0.25, -0.2) is 0 Å². The summed E-state index contributed by atoms with van der Waals surface area (Å²) in [7, 11) is 0. The van der Waals surface area contributed by atoms with Crippen LogP contribution < -0.4 is 0 Å². The Kier molecular flexibility index (Phi) is 2.25. The highest BCUT2D eigenvalue weighted by Gasteiger charge is 2.17. The molecule has 10 heavy (non-hydrogen) atoms. The van der Waals surface area contributed by atoms with Crippen LogP contribution in [0.2, 0.25) is 0 Å². The second-order valence-electron chi connectivity index (χ2n) is 2.56. The van der Waals surface area contributed by atoms with E-state index in [1.807, 2.05) is 12.2 Å². The Bertz CT molecular complexity index is 157. The van der Waals surface area contributed by atoms with E-state index in [1.165, 1.54) is 6.08 Å². The van der Waals surface area contributed by atoms with Crippen LogP contribution in [0.5, 0.6) is 0 Å². The molecule has 0 atom stereocenters. The van der Waals surface area contributed by atoms with Gasteiger partial charge in [0.25, 0.3) is 0 Å². The molecule has 0 saturated heterocycles. The van der Waals surface area contributed by atoms with Gasteiger partial charge >= 0.3 is 0 Å². The van der Waals surface area contributed by atoms with Gasteiger partial charge in [-0.15, -0.1) is 0 Å². The molecular weight excluding hydrogens is 128 g/mol. The van der Waals surface area contributed by atoms with Crippen LogP contribution >= 0.6 is 0 Å². The summed E-state index contributed by atoms with van der Waals surface area (Å²) in [5.74, 6) is -1.58. The Labute approximate surface area is 60.5 Å². The first kappa shape index (κ1) is 7.51. The number of aliphatic hydroxyl groups is 2. The summed E-state index contributed by atoms with van der Waals surface area (Å²) in [6.07, 6.45) is 9.10. The molecular formula is C8H12O2. The van der Waals surface area contributed by atoms with Crippen molar-refractivity contribution in [3.63, 3.8) is 0 Å². The van der Waals surface area contributed by atoms with Crippen LogP contribution in [0.3, 0.4) is 0 Å². The molecule has 0 amide bonds. The maximum atomic E-state index is 9.11. The molecule has 2 N–H and O–H groups in total. The molecule has 2 nitrogen and oxygen atoms in total. The van der Waals surface area contributed by atoms with Crippen molar-refractivity contribution in [2.45, 2.75) is 25.0 Å². The van der Waals surface area contributed by atoms with E-state index in [0.717, 1.165) is 12.8 Å². The smallest absolute Gasteiger partial charge is 0.182 e. The molecule has 0 fully saturated rings. The fourth-order valence-corrected chi connectivity index (χ4v) is 0.948. The minimum atomic E-state index is -1.58. The van der Waals surface area contributed by atoms with E-state index < -0.39 is 5.79 Å². The fourth-order valence-electron chi connectivity index (χ4n) is 0.948. The number of allylic oxidation sites excluding steroid dienone is 3. The Balaban J connectivity index is 2.61. The standard InChI is InChI=1S/C8H12O2/c9-8(10)6-4-2-1-3-5-7-8/h1-2,4,6,9-10H,3,5,7H2/b2-1-,6-4-. The molecule has 0 aromatic heterocycles. The molecule has 56 valence electrons. The maximum absolute atomic E-state index is 9.11. The third-order valence-electron chi connectivity index (χ3n) is 1.53. The van der Waals surface area contributed by atoms with Gasteiger partial charge in [0.05, 0.1) is 0 Å². The average Bonchev–Trinajstić information content (AvgIpc) is 1.81. The summed E-state index contributed by atoms with van der Waals surface area (Å²) in [4.78, 5) is 0. The first-order chi connectivity index (χ1) is 4.71. The summed E-state index contributed by atoms with van der Waals surface area (Å²) < 4.78 is 0. The monoisotopic (exact) mass is 140 g/mol. The zero-order chi connectivity index (χ0) is 7.45. The number of rotatable bonds is 0. The third kappa shape index (κ3) is 2.33. The van der Waals surface area contributed by atoms with Crippen LogP contribution in [-0.2, 0) is 0 Å². The molecule has 0 aromatic rings. The van der Waals surface area contributed by atoms with Gasteiger partial charge in [0.15, 0.2) is 5.79 Å². The molecule has 2 heteroatoms. The highest BCUT2D eigenvalue weighted by molar-refractivity contribution is 5.08. The largest absolute Gasteiger partial charge is 0.362 e. The molecule has 0 bridgehead atoms. The van der Waals surface area contributed by atoms with Crippen LogP contribution in [0.15, 0.2) is 24.3 Å². The summed E-state index contributed by atoms with van der Waals surface area (Å²) in [5, 5.41) is 18.2. The van der Waals surface area contributed by atoms with Crippen molar-refractivity contribution >= 4 is 0 Å². The van der Waals surface area contributed by atoms with E-state index in [1.54, 1.807) is 6.08 Å². The van der Waals surface area contributed by atoms with E-state index in [0.29, 0.717) is 6.42 Å². The maximum Gasteiger partial charge on any atom is 0.182 e. The van der Waals surface area contributed by atoms with Gasteiger partial charge < -0.3 is 10.2 Å². The van der Waals surface area contributed by atoms with Gasteiger partial charge in [0.2, 0.25) is 0 Å². The van der Waals surface area contributed by atoms with E-state index >= 15 is 0 Å². The summed E-state index contributed by atoms with van der Waals surface area (Å²) in [6.45, 7) is 0. The summed E-state index contributed by atoms with van der Waals surface area (Å²) in [6, 6.07) is 0. The molecule has 0 saturated carbocycles. The normalized spacial score (nSPS) is 30.2. The quantitative estimate of drug-likeness (QED) is 0.492. The first-order valence-electron chi connectivity index (χ1n) is 3.50. The Morgan fingerprint density at radius 2 is 2.00 bits per heavy atom. The second-order valence-corrected chi connectivity index (χ2v) is 2.56. The number of hydrogen-bond acceptors (Lipinski definition) is 2. The van der Waals surface area contributed by atoms with Gasteiger partial charge in [-0.2, -0.15) is 0 Å². The second kappa shape index (κ2) is 2.99. The van der Waals surface area contributed by atoms with Gasteiger partial charge in [-0.3, -0.25) is 0 Å². The molecule has 0 radical (unpaired) electrons. The highest BCUT2D eigenvalue weighted by atomic mass is 16.5. The number of hydrogen-bond donors (Lipinski definition) is 2. The molecule has 0 spiro atoms. The SMILES string of the molecule is OC1(O)/C=C\C=C/CCC1. The van der Waals surface area contributed by atoms with Gasteiger partial charge in [-0.05, 0) is 18.9 Å². The van der Waals surface area contributed by atoms with Crippen LogP contribution in [0.4, 0.5) is 0 Å². The lowest BCUT2D eigenvalue weighted by molar-refractivity contribution is -0.123. The molecule has 0 unspecified atom stereocenters. The molecule has 0 aromatic carbocycles. The molecule has 1 aliphatic rings. The summed E-state index contributed by atoms with van der Waals surface area (Å²) in [5.41, 5.74) is 0. The minimum absolute atomic E-state index is 0.424. The Morgan fingerprint density at radius 1 is 1.20 bits per heavy atom. The predicted molar refractivity (Wildman–Crippen MR) is 39.3 cm³/mol. The topological polar surface area (TPSA) is 40.5 Å². The van der Waals surface area contributed by atoms with Crippen molar-refractivity contribution in [1.29, 1.82) is 0 Å². The van der Waals surface area contributed by atoms with Gasteiger partial charge in [-0.1, -0.05) is 18.2 Å². The van der Waals surface area contributed by atoms with Crippen molar-refractivity contribution in [3.8, 4) is 0 Å². The fraction of sp³-hybridized carbons (Fsp3) is 0.500. The van der Waals surface area contributed by atoms with Crippen molar-refractivity contribution in [1.82, 2.24) is 0 Å². The molecule has 1 rings (SSSR count). The van der Waals surface area contributed by atoms with Crippen LogP contribution in [0.25, 0.3) is 0 Å². The zero-order valence-electron chi connectivity index (χ0n) is 5.83. The van der Waals surface area contributed by atoms with Crippen molar-refractivity contribution in [2.24, 2.45) is 0 Å². The van der Waals surface area contributed by atoms with Crippen LogP contribution in [-0.4, -0.2) is 16.0 Å². The average molecular weight is 140 g/mol. The zero-order valence-corrected chi connectivity index (χ0v) is 5.83. The lowest BCUT2D eigenvalue weighted by atomic mass is 10.1. The summed E-state index contributed by atoms with van der Waals surface area (Å²) >= 11 is 0. The van der Waals surface area contributed by atoms with Gasteiger partial charge in [0, 0.05) is 6.42 Å². The highest BCUT2D eigenvalue weighted by Crippen LogP contribution is 2.14. The third-order valence-corrected chi connectivity index (χ3v) is 1.53. The van der Waals surface area contributed by atoms with E-state index in [4.69, 9.17) is 10.2 Å².